The fraction of sp³-hybridized carbons (Fsp3) is 0.233. The topological polar surface area (TPSA) is 65.5 Å². The molecule has 1 N–H and O–H groups in total. The highest BCUT2D eigenvalue weighted by atomic mass is 16.2. The van der Waals surface area contributed by atoms with Gasteiger partial charge < -0.3 is 15.1 Å². The first-order chi connectivity index (χ1) is 17.4. The maximum absolute atomic E-state index is 13.8. The van der Waals surface area contributed by atoms with Gasteiger partial charge >= 0.3 is 0 Å². The van der Waals surface area contributed by atoms with Gasteiger partial charge in [-0.3, -0.25) is 9.59 Å². The van der Waals surface area contributed by atoms with Crippen molar-refractivity contribution >= 4 is 34.1 Å². The Morgan fingerprint density at radius 3 is 2.44 bits per heavy atom. The fourth-order valence-corrected chi connectivity index (χ4v) is 4.93. The number of aromatic nitrogens is 1. The van der Waals surface area contributed by atoms with E-state index in [2.05, 4.69) is 48.3 Å². The van der Waals surface area contributed by atoms with Gasteiger partial charge in [0.25, 0.3) is 5.91 Å². The van der Waals surface area contributed by atoms with Crippen molar-refractivity contribution in [3.8, 4) is 11.3 Å². The predicted molar refractivity (Wildman–Crippen MR) is 145 cm³/mol. The van der Waals surface area contributed by atoms with Crippen molar-refractivity contribution in [2.75, 3.05) is 29.9 Å². The summed E-state index contributed by atoms with van der Waals surface area (Å²) in [5, 5.41) is 3.64. The van der Waals surface area contributed by atoms with Crippen LogP contribution in [0, 0.1) is 6.92 Å². The summed E-state index contributed by atoms with van der Waals surface area (Å²) in [6, 6.07) is 26.0. The van der Waals surface area contributed by atoms with Crippen molar-refractivity contribution < 1.29 is 9.59 Å². The number of carbonyl (C=O) groups is 2. The standard InChI is InChI=1S/C30H30N4O2/c1-20-7-6-8-25(17-20)34-16-15-33(19-21(34)2)30(36)27-18-29(32-28-10-5-4-9-26(27)28)23-11-13-24(14-12-23)31-22(3)35/h4-14,17-18,21H,15-16,19H2,1-3H3,(H,31,35). The summed E-state index contributed by atoms with van der Waals surface area (Å²) >= 11 is 0. The van der Waals surface area contributed by atoms with Crippen molar-refractivity contribution in [2.24, 2.45) is 0 Å². The summed E-state index contributed by atoms with van der Waals surface area (Å²) in [4.78, 5) is 34.4. The average molecular weight is 479 g/mol. The third kappa shape index (κ3) is 4.80. The molecule has 1 atom stereocenters. The van der Waals surface area contributed by atoms with Crippen LogP contribution in [-0.2, 0) is 4.79 Å². The molecule has 6 heteroatoms. The first kappa shape index (κ1) is 23.5. The number of pyridine rings is 1. The second-order valence-corrected chi connectivity index (χ2v) is 9.46. The van der Waals surface area contributed by atoms with Gasteiger partial charge in [0.15, 0.2) is 0 Å². The number of rotatable bonds is 4. The monoisotopic (exact) mass is 478 g/mol. The first-order valence-electron chi connectivity index (χ1n) is 12.3. The number of carbonyl (C=O) groups excluding carboxylic acids is 2. The summed E-state index contributed by atoms with van der Waals surface area (Å²) in [5.74, 6) is -0.0864. The number of para-hydroxylation sites is 1. The zero-order valence-corrected chi connectivity index (χ0v) is 20.9. The molecule has 1 fully saturated rings. The minimum absolute atomic E-state index is 0.0282. The summed E-state index contributed by atoms with van der Waals surface area (Å²) in [6.45, 7) is 7.87. The van der Waals surface area contributed by atoms with Crippen LogP contribution in [0.3, 0.4) is 0 Å². The third-order valence-corrected chi connectivity index (χ3v) is 6.70. The number of hydrogen-bond acceptors (Lipinski definition) is 4. The number of aryl methyl sites for hydroxylation is 1. The van der Waals surface area contributed by atoms with Crippen molar-refractivity contribution in [3.63, 3.8) is 0 Å². The molecular weight excluding hydrogens is 448 g/mol. The molecule has 0 spiro atoms. The molecule has 182 valence electrons. The fourth-order valence-electron chi connectivity index (χ4n) is 4.93. The Labute approximate surface area is 211 Å². The van der Waals surface area contributed by atoms with E-state index in [1.807, 2.05) is 59.5 Å². The highest BCUT2D eigenvalue weighted by molar-refractivity contribution is 6.07. The van der Waals surface area contributed by atoms with Gasteiger partial charge in [-0.15, -0.1) is 0 Å². The van der Waals surface area contributed by atoms with Gasteiger partial charge in [0.1, 0.15) is 0 Å². The van der Waals surface area contributed by atoms with Crippen molar-refractivity contribution in [1.82, 2.24) is 9.88 Å². The average Bonchev–Trinajstić information content (AvgIpc) is 2.87. The van der Waals surface area contributed by atoms with Crippen LogP contribution in [0.1, 0.15) is 29.8 Å². The van der Waals surface area contributed by atoms with Crippen LogP contribution in [0.2, 0.25) is 0 Å². The van der Waals surface area contributed by atoms with Crippen LogP contribution in [0.5, 0.6) is 0 Å². The lowest BCUT2D eigenvalue weighted by Gasteiger charge is -2.41. The van der Waals surface area contributed by atoms with E-state index in [0.29, 0.717) is 18.7 Å². The molecule has 2 amide bonds. The molecule has 0 bridgehead atoms. The smallest absolute Gasteiger partial charge is 0.254 e. The third-order valence-electron chi connectivity index (χ3n) is 6.70. The highest BCUT2D eigenvalue weighted by Gasteiger charge is 2.28. The molecule has 0 aliphatic carbocycles. The van der Waals surface area contributed by atoms with E-state index < -0.39 is 0 Å². The number of hydrogen-bond donors (Lipinski definition) is 1. The van der Waals surface area contributed by atoms with E-state index in [4.69, 9.17) is 4.98 Å². The molecule has 5 rings (SSSR count). The zero-order chi connectivity index (χ0) is 25.2. The van der Waals surface area contributed by atoms with Gasteiger partial charge in [0.2, 0.25) is 5.91 Å². The van der Waals surface area contributed by atoms with Gasteiger partial charge in [0.05, 0.1) is 16.8 Å². The predicted octanol–water partition coefficient (Wildman–Crippen LogP) is 5.52. The lowest BCUT2D eigenvalue weighted by molar-refractivity contribution is -0.114. The lowest BCUT2D eigenvalue weighted by Crippen LogP contribution is -2.53. The van der Waals surface area contributed by atoms with Gasteiger partial charge in [-0.25, -0.2) is 4.98 Å². The summed E-state index contributed by atoms with van der Waals surface area (Å²) in [5.41, 5.74) is 6.24. The second-order valence-electron chi connectivity index (χ2n) is 9.46. The number of nitrogens with zero attached hydrogens (tertiary/aromatic N) is 3. The highest BCUT2D eigenvalue weighted by Crippen LogP contribution is 2.28. The van der Waals surface area contributed by atoms with Gasteiger partial charge in [0, 0.05) is 54.9 Å². The molecule has 1 aliphatic rings. The number of benzene rings is 3. The minimum atomic E-state index is -0.115. The first-order valence-corrected chi connectivity index (χ1v) is 12.3. The number of fused-ring (bicyclic) bond motifs is 1. The summed E-state index contributed by atoms with van der Waals surface area (Å²) < 4.78 is 0. The van der Waals surface area contributed by atoms with E-state index >= 15 is 0 Å². The molecule has 3 aromatic carbocycles. The molecule has 2 heterocycles. The number of nitrogens with one attached hydrogen (secondary N) is 1. The number of anilines is 2. The SMILES string of the molecule is CC(=O)Nc1ccc(-c2cc(C(=O)N3CCN(c4cccc(C)c4)C(C)C3)c3ccccc3n2)cc1. The normalized spacial score (nSPS) is 15.7. The molecule has 36 heavy (non-hydrogen) atoms. The van der Waals surface area contributed by atoms with Crippen molar-refractivity contribution in [1.29, 1.82) is 0 Å². The Bertz CT molecular complexity index is 1430. The maximum Gasteiger partial charge on any atom is 0.254 e. The van der Waals surface area contributed by atoms with Gasteiger partial charge in [-0.1, -0.05) is 42.5 Å². The number of amides is 2. The van der Waals surface area contributed by atoms with Gasteiger partial charge in [-0.2, -0.15) is 0 Å². The number of piperazine rings is 1. The van der Waals surface area contributed by atoms with Crippen LogP contribution >= 0.6 is 0 Å². The molecular formula is C30H30N4O2. The Kier molecular flexibility index (Phi) is 6.42. The van der Waals surface area contributed by atoms with Crippen LogP contribution in [0.15, 0.2) is 78.9 Å². The Hall–Kier alpha value is -4.19. The zero-order valence-electron chi connectivity index (χ0n) is 20.9. The van der Waals surface area contributed by atoms with Crippen LogP contribution in [-0.4, -0.2) is 47.4 Å². The van der Waals surface area contributed by atoms with E-state index in [-0.39, 0.29) is 17.9 Å². The molecule has 4 aromatic rings. The second kappa shape index (κ2) is 9.82. The molecule has 1 aliphatic heterocycles. The van der Waals surface area contributed by atoms with Crippen LogP contribution in [0.4, 0.5) is 11.4 Å². The van der Waals surface area contributed by atoms with Crippen molar-refractivity contribution in [3.05, 3.63) is 90.0 Å². The lowest BCUT2D eigenvalue weighted by atomic mass is 10.0. The summed E-state index contributed by atoms with van der Waals surface area (Å²) in [7, 11) is 0. The molecule has 0 radical (unpaired) electrons. The quantitative estimate of drug-likeness (QED) is 0.420. The largest absolute Gasteiger partial charge is 0.365 e. The summed E-state index contributed by atoms with van der Waals surface area (Å²) in [6.07, 6.45) is 0. The Balaban J connectivity index is 1.44. The van der Waals surface area contributed by atoms with Crippen LogP contribution < -0.4 is 10.2 Å². The molecule has 6 nitrogen and oxygen atoms in total. The van der Waals surface area contributed by atoms with Crippen LogP contribution in [0.25, 0.3) is 22.2 Å². The Morgan fingerprint density at radius 2 is 1.72 bits per heavy atom. The molecule has 1 saturated heterocycles. The van der Waals surface area contributed by atoms with Crippen molar-refractivity contribution in [2.45, 2.75) is 26.8 Å². The Morgan fingerprint density at radius 1 is 0.944 bits per heavy atom. The molecule has 0 saturated carbocycles. The van der Waals surface area contributed by atoms with E-state index in [1.54, 1.807) is 0 Å². The molecule has 1 aromatic heterocycles. The van der Waals surface area contributed by atoms with E-state index in [0.717, 1.165) is 34.4 Å². The molecule has 1 unspecified atom stereocenters. The minimum Gasteiger partial charge on any atom is -0.365 e. The van der Waals surface area contributed by atoms with Gasteiger partial charge in [-0.05, 0) is 55.8 Å². The van der Waals surface area contributed by atoms with E-state index in [1.165, 1.54) is 18.2 Å². The van der Waals surface area contributed by atoms with E-state index in [9.17, 15) is 9.59 Å². The maximum atomic E-state index is 13.8.